The first-order valence-electron chi connectivity index (χ1n) is 7.92. The molecule has 0 spiro atoms. The van der Waals surface area contributed by atoms with Gasteiger partial charge < -0.3 is 20.5 Å². The minimum absolute atomic E-state index is 0.0296. The highest BCUT2D eigenvalue weighted by Gasteiger charge is 2.19. The lowest BCUT2D eigenvalue weighted by molar-refractivity contribution is 0.417. The zero-order chi connectivity index (χ0) is 17.7. The van der Waals surface area contributed by atoms with Crippen molar-refractivity contribution in [2.24, 2.45) is 0 Å². The van der Waals surface area contributed by atoms with E-state index in [1.54, 1.807) is 13.2 Å². The van der Waals surface area contributed by atoms with Gasteiger partial charge in [0, 0.05) is 0 Å². The molecule has 2 rings (SSSR count). The molecule has 128 valence electrons. The smallest absolute Gasteiger partial charge is 0.175 e. The Bertz CT molecular complexity index is 729. The molecule has 4 nitrogen and oxygen atoms in total. The summed E-state index contributed by atoms with van der Waals surface area (Å²) in [4.78, 5) is 0. The molecule has 0 aliphatic carbocycles. The highest BCUT2D eigenvalue weighted by Crippen LogP contribution is 2.33. The summed E-state index contributed by atoms with van der Waals surface area (Å²) in [6, 6.07) is 13.1. The van der Waals surface area contributed by atoms with Crippen molar-refractivity contribution in [1.82, 2.24) is 0 Å². The SMILES string of the molecule is CCC(C)(C)c1ccc(O)c(NC(=S)Nc2ccccc2OC)c1. The lowest BCUT2D eigenvalue weighted by atomic mass is 9.82. The van der Waals surface area contributed by atoms with Gasteiger partial charge >= 0.3 is 0 Å². The largest absolute Gasteiger partial charge is 0.506 e. The van der Waals surface area contributed by atoms with E-state index in [1.807, 2.05) is 36.4 Å². The average Bonchev–Trinajstić information content (AvgIpc) is 2.57. The van der Waals surface area contributed by atoms with E-state index in [4.69, 9.17) is 17.0 Å². The number of hydrogen-bond donors (Lipinski definition) is 3. The van der Waals surface area contributed by atoms with Crippen molar-refractivity contribution >= 4 is 28.7 Å². The number of phenols is 1. The minimum atomic E-state index is 0.0296. The van der Waals surface area contributed by atoms with Crippen LogP contribution >= 0.6 is 12.2 Å². The van der Waals surface area contributed by atoms with Crippen LogP contribution in [0.1, 0.15) is 32.8 Å². The van der Waals surface area contributed by atoms with Crippen molar-refractivity contribution in [3.8, 4) is 11.5 Å². The van der Waals surface area contributed by atoms with Crippen LogP contribution in [0, 0.1) is 0 Å². The van der Waals surface area contributed by atoms with Crippen LogP contribution in [0.15, 0.2) is 42.5 Å². The number of ether oxygens (including phenoxy) is 1. The van der Waals surface area contributed by atoms with Crippen LogP contribution in [0.25, 0.3) is 0 Å². The average molecular weight is 344 g/mol. The first-order chi connectivity index (χ1) is 11.4. The maximum absolute atomic E-state index is 10.1. The molecule has 0 radical (unpaired) electrons. The van der Waals surface area contributed by atoms with Gasteiger partial charge in [-0.15, -0.1) is 0 Å². The van der Waals surface area contributed by atoms with Crippen LogP contribution in [0.5, 0.6) is 11.5 Å². The predicted octanol–water partition coefficient (Wildman–Crippen LogP) is 4.90. The Morgan fingerprint density at radius 2 is 1.79 bits per heavy atom. The molecule has 0 heterocycles. The fourth-order valence-corrected chi connectivity index (χ4v) is 2.50. The number of para-hydroxylation sites is 2. The van der Waals surface area contributed by atoms with Gasteiger partial charge in [-0.1, -0.05) is 39.0 Å². The Morgan fingerprint density at radius 3 is 2.46 bits per heavy atom. The molecule has 0 fully saturated rings. The fraction of sp³-hybridized carbons (Fsp3) is 0.316. The van der Waals surface area contributed by atoms with E-state index in [9.17, 15) is 5.11 Å². The standard InChI is InChI=1S/C19H24N2O2S/c1-5-19(2,3)13-10-11-16(22)15(12-13)21-18(24)20-14-8-6-7-9-17(14)23-4/h6-12,22H,5H2,1-4H3,(H2,20,21,24). The molecule has 0 aliphatic heterocycles. The van der Waals surface area contributed by atoms with E-state index in [0.717, 1.165) is 17.7 Å². The van der Waals surface area contributed by atoms with Crippen molar-refractivity contribution in [3.63, 3.8) is 0 Å². The van der Waals surface area contributed by atoms with Gasteiger partial charge in [-0.3, -0.25) is 0 Å². The summed E-state index contributed by atoms with van der Waals surface area (Å²) in [5.74, 6) is 0.863. The van der Waals surface area contributed by atoms with E-state index >= 15 is 0 Å². The molecule has 0 bridgehead atoms. The quantitative estimate of drug-likeness (QED) is 0.532. The monoisotopic (exact) mass is 344 g/mol. The highest BCUT2D eigenvalue weighted by molar-refractivity contribution is 7.80. The topological polar surface area (TPSA) is 53.5 Å². The van der Waals surface area contributed by atoms with Gasteiger partial charge in [0.15, 0.2) is 5.11 Å². The second-order valence-corrected chi connectivity index (χ2v) is 6.66. The molecule has 0 saturated carbocycles. The van der Waals surface area contributed by atoms with Crippen LogP contribution in [0.2, 0.25) is 0 Å². The van der Waals surface area contributed by atoms with E-state index in [2.05, 4.69) is 31.4 Å². The van der Waals surface area contributed by atoms with Crippen molar-refractivity contribution in [2.75, 3.05) is 17.7 Å². The maximum atomic E-state index is 10.1. The normalized spacial score (nSPS) is 11.0. The van der Waals surface area contributed by atoms with E-state index in [-0.39, 0.29) is 11.2 Å². The molecular formula is C19H24N2O2S. The minimum Gasteiger partial charge on any atom is -0.506 e. The molecule has 5 heteroatoms. The van der Waals surface area contributed by atoms with Gasteiger partial charge in [-0.05, 0) is 53.9 Å². The van der Waals surface area contributed by atoms with Gasteiger partial charge in [0.1, 0.15) is 11.5 Å². The van der Waals surface area contributed by atoms with Gasteiger partial charge in [-0.25, -0.2) is 0 Å². The Kier molecular flexibility index (Phi) is 5.67. The molecular weight excluding hydrogens is 320 g/mol. The number of rotatable bonds is 5. The maximum Gasteiger partial charge on any atom is 0.175 e. The summed E-state index contributed by atoms with van der Waals surface area (Å²) in [6.07, 6.45) is 1.00. The summed E-state index contributed by atoms with van der Waals surface area (Å²) >= 11 is 5.36. The third-order valence-electron chi connectivity index (χ3n) is 4.27. The number of phenolic OH excluding ortho intramolecular Hbond substituents is 1. The predicted molar refractivity (Wildman–Crippen MR) is 104 cm³/mol. The molecule has 0 atom stereocenters. The van der Waals surface area contributed by atoms with Crippen LogP contribution in [0.3, 0.4) is 0 Å². The van der Waals surface area contributed by atoms with Crippen molar-refractivity contribution in [3.05, 3.63) is 48.0 Å². The molecule has 0 saturated heterocycles. The third kappa shape index (κ3) is 4.17. The van der Waals surface area contributed by atoms with Crippen LogP contribution in [-0.2, 0) is 5.41 Å². The molecule has 2 aromatic carbocycles. The molecule has 0 amide bonds. The number of methoxy groups -OCH3 is 1. The fourth-order valence-electron chi connectivity index (χ4n) is 2.29. The van der Waals surface area contributed by atoms with Gasteiger partial charge in [0.25, 0.3) is 0 Å². The third-order valence-corrected chi connectivity index (χ3v) is 4.47. The zero-order valence-corrected chi connectivity index (χ0v) is 15.3. The summed E-state index contributed by atoms with van der Waals surface area (Å²) < 4.78 is 5.30. The number of anilines is 2. The Labute approximate surface area is 148 Å². The molecule has 24 heavy (non-hydrogen) atoms. The number of nitrogens with one attached hydrogen (secondary N) is 2. The first kappa shape index (κ1) is 18.1. The van der Waals surface area contributed by atoms with Gasteiger partial charge in [0.05, 0.1) is 18.5 Å². The summed E-state index contributed by atoms with van der Waals surface area (Å²) in [7, 11) is 1.61. The Hall–Kier alpha value is -2.27. The lowest BCUT2D eigenvalue weighted by Crippen LogP contribution is -2.21. The van der Waals surface area contributed by atoms with Crippen LogP contribution < -0.4 is 15.4 Å². The van der Waals surface area contributed by atoms with Crippen molar-refractivity contribution in [2.45, 2.75) is 32.6 Å². The molecule has 0 aliphatic rings. The van der Waals surface area contributed by atoms with Gasteiger partial charge in [0.2, 0.25) is 0 Å². The van der Waals surface area contributed by atoms with Gasteiger partial charge in [-0.2, -0.15) is 0 Å². The summed E-state index contributed by atoms with van der Waals surface area (Å²) in [5.41, 5.74) is 2.52. The number of benzene rings is 2. The first-order valence-corrected chi connectivity index (χ1v) is 8.32. The number of thiocarbonyl (C=S) groups is 1. The lowest BCUT2D eigenvalue weighted by Gasteiger charge is -2.24. The molecule has 2 aromatic rings. The Balaban J connectivity index is 2.18. The molecule has 3 N–H and O–H groups in total. The zero-order valence-electron chi connectivity index (χ0n) is 14.5. The van der Waals surface area contributed by atoms with Crippen LogP contribution in [0.4, 0.5) is 11.4 Å². The number of hydrogen-bond acceptors (Lipinski definition) is 3. The highest BCUT2D eigenvalue weighted by atomic mass is 32.1. The summed E-state index contributed by atoms with van der Waals surface area (Å²) in [6.45, 7) is 6.50. The van der Waals surface area contributed by atoms with Crippen molar-refractivity contribution < 1.29 is 9.84 Å². The second kappa shape index (κ2) is 7.53. The van der Waals surface area contributed by atoms with E-state index in [0.29, 0.717) is 16.5 Å². The summed E-state index contributed by atoms with van der Waals surface area (Å²) in [5, 5.41) is 16.7. The second-order valence-electron chi connectivity index (χ2n) is 6.25. The van der Waals surface area contributed by atoms with E-state index < -0.39 is 0 Å². The van der Waals surface area contributed by atoms with Crippen LogP contribution in [-0.4, -0.2) is 17.3 Å². The van der Waals surface area contributed by atoms with Crippen molar-refractivity contribution in [1.29, 1.82) is 0 Å². The Morgan fingerprint density at radius 1 is 1.12 bits per heavy atom. The van der Waals surface area contributed by atoms with E-state index in [1.165, 1.54) is 0 Å². The molecule has 0 aromatic heterocycles. The number of aromatic hydroxyl groups is 1. The molecule has 0 unspecified atom stereocenters.